The predicted molar refractivity (Wildman–Crippen MR) is 119 cm³/mol. The highest BCUT2D eigenvalue weighted by Gasteiger charge is 2.34. The van der Waals surface area contributed by atoms with Gasteiger partial charge < -0.3 is 10.6 Å². The Balaban J connectivity index is 1.82. The first-order valence-electron chi connectivity index (χ1n) is 10.8. The lowest BCUT2D eigenvalue weighted by Crippen LogP contribution is -2.46. The van der Waals surface area contributed by atoms with Gasteiger partial charge in [-0.3, -0.25) is 4.79 Å². The standard InChI is InChI=1S/C23H27F4N3O3S/c1-15(2)30(34(32,33)20-9-7-19(24)8-10-20)14-21(31)29-22(17-11-12-28-13-17)16-3-5-18(6-4-16)23(25,26)27/h3-10,15,17,22,28H,11-14H2,1-2H3,(H,29,31). The average molecular weight is 502 g/mol. The van der Waals surface area contributed by atoms with Crippen LogP contribution in [0.5, 0.6) is 0 Å². The molecule has 1 saturated heterocycles. The molecule has 11 heteroatoms. The number of carbonyl (C=O) groups excluding carboxylic acids is 1. The molecule has 0 bridgehead atoms. The molecule has 2 N–H and O–H groups in total. The van der Waals surface area contributed by atoms with E-state index in [0.29, 0.717) is 25.1 Å². The molecule has 1 fully saturated rings. The van der Waals surface area contributed by atoms with E-state index in [1.165, 1.54) is 12.1 Å². The molecular weight excluding hydrogens is 474 g/mol. The largest absolute Gasteiger partial charge is 0.416 e. The summed E-state index contributed by atoms with van der Waals surface area (Å²) < 4.78 is 79.3. The highest BCUT2D eigenvalue weighted by atomic mass is 32.2. The summed E-state index contributed by atoms with van der Waals surface area (Å²) in [5.74, 6) is -1.24. The zero-order valence-electron chi connectivity index (χ0n) is 18.8. The molecule has 0 saturated carbocycles. The van der Waals surface area contributed by atoms with Crippen molar-refractivity contribution >= 4 is 15.9 Å². The number of halogens is 4. The number of hydrogen-bond donors (Lipinski definition) is 2. The number of benzene rings is 2. The Morgan fingerprint density at radius 1 is 1.12 bits per heavy atom. The van der Waals surface area contributed by atoms with Crippen LogP contribution in [0.1, 0.15) is 37.4 Å². The number of carbonyl (C=O) groups is 1. The summed E-state index contributed by atoms with van der Waals surface area (Å²) in [5.41, 5.74) is -0.283. The van der Waals surface area contributed by atoms with Crippen molar-refractivity contribution in [3.63, 3.8) is 0 Å². The molecule has 186 valence electrons. The fraction of sp³-hybridized carbons (Fsp3) is 0.435. The molecule has 0 radical (unpaired) electrons. The van der Waals surface area contributed by atoms with Gasteiger partial charge in [-0.1, -0.05) is 12.1 Å². The van der Waals surface area contributed by atoms with Crippen LogP contribution in [0, 0.1) is 11.7 Å². The molecule has 1 heterocycles. The quantitative estimate of drug-likeness (QED) is 0.541. The van der Waals surface area contributed by atoms with Gasteiger partial charge in [0.1, 0.15) is 5.82 Å². The molecule has 2 atom stereocenters. The van der Waals surface area contributed by atoms with E-state index >= 15 is 0 Å². The van der Waals surface area contributed by atoms with Gasteiger partial charge in [0.05, 0.1) is 23.0 Å². The van der Waals surface area contributed by atoms with Crippen molar-refractivity contribution < 1.29 is 30.8 Å². The number of amides is 1. The van der Waals surface area contributed by atoms with Crippen LogP contribution < -0.4 is 10.6 Å². The maximum Gasteiger partial charge on any atom is 0.416 e. The fourth-order valence-corrected chi connectivity index (χ4v) is 5.56. The highest BCUT2D eigenvalue weighted by Crippen LogP contribution is 2.32. The minimum atomic E-state index is -4.47. The molecule has 2 aromatic carbocycles. The Kier molecular flexibility index (Phi) is 7.99. The van der Waals surface area contributed by atoms with E-state index in [-0.39, 0.29) is 10.8 Å². The Labute approximate surface area is 196 Å². The van der Waals surface area contributed by atoms with Crippen LogP contribution in [0.3, 0.4) is 0 Å². The molecule has 2 aromatic rings. The second kappa shape index (κ2) is 10.4. The smallest absolute Gasteiger partial charge is 0.348 e. The molecule has 0 spiro atoms. The third-order valence-corrected chi connectivity index (χ3v) is 7.82. The molecule has 0 aromatic heterocycles. The van der Waals surface area contributed by atoms with Gasteiger partial charge in [0.15, 0.2) is 0 Å². The monoisotopic (exact) mass is 501 g/mol. The van der Waals surface area contributed by atoms with Crippen LogP contribution in [0.4, 0.5) is 17.6 Å². The molecular formula is C23H27F4N3O3S. The first kappa shape index (κ1) is 26.1. The number of sulfonamides is 1. The number of rotatable bonds is 8. The third kappa shape index (κ3) is 6.13. The van der Waals surface area contributed by atoms with Crippen LogP contribution in [-0.2, 0) is 21.0 Å². The van der Waals surface area contributed by atoms with E-state index in [0.717, 1.165) is 40.7 Å². The Hall–Kier alpha value is -2.50. The van der Waals surface area contributed by atoms with E-state index in [1.54, 1.807) is 13.8 Å². The average Bonchev–Trinajstić information content (AvgIpc) is 3.30. The number of hydrogen-bond acceptors (Lipinski definition) is 4. The van der Waals surface area contributed by atoms with Crippen molar-refractivity contribution in [3.8, 4) is 0 Å². The van der Waals surface area contributed by atoms with Crippen molar-refractivity contribution in [2.45, 2.75) is 43.4 Å². The summed E-state index contributed by atoms with van der Waals surface area (Å²) >= 11 is 0. The van der Waals surface area contributed by atoms with E-state index < -0.39 is 52.1 Å². The van der Waals surface area contributed by atoms with Gasteiger partial charge in [-0.25, -0.2) is 12.8 Å². The molecule has 3 rings (SSSR count). The second-order valence-corrected chi connectivity index (χ2v) is 10.4. The molecule has 0 aliphatic carbocycles. The van der Waals surface area contributed by atoms with Gasteiger partial charge in [0, 0.05) is 12.6 Å². The minimum absolute atomic E-state index is 0.0677. The summed E-state index contributed by atoms with van der Waals surface area (Å²) in [4.78, 5) is 12.8. The lowest BCUT2D eigenvalue weighted by atomic mass is 9.91. The summed E-state index contributed by atoms with van der Waals surface area (Å²) in [5, 5.41) is 6.00. The zero-order valence-corrected chi connectivity index (χ0v) is 19.6. The topological polar surface area (TPSA) is 78.5 Å². The van der Waals surface area contributed by atoms with E-state index in [2.05, 4.69) is 10.6 Å². The number of nitrogens with zero attached hydrogens (tertiary/aromatic N) is 1. The SMILES string of the molecule is CC(C)N(CC(=O)NC(c1ccc(C(F)(F)F)cc1)C1CCNC1)S(=O)(=O)c1ccc(F)cc1. The van der Waals surface area contributed by atoms with Crippen LogP contribution >= 0.6 is 0 Å². The van der Waals surface area contributed by atoms with Crippen molar-refractivity contribution in [2.75, 3.05) is 19.6 Å². The Morgan fingerprint density at radius 2 is 1.74 bits per heavy atom. The second-order valence-electron chi connectivity index (χ2n) is 8.52. The molecule has 1 aliphatic heterocycles. The predicted octanol–water partition coefficient (Wildman–Crippen LogP) is 3.71. The molecule has 2 unspecified atom stereocenters. The van der Waals surface area contributed by atoms with Gasteiger partial charge in [0.25, 0.3) is 0 Å². The van der Waals surface area contributed by atoms with Crippen LogP contribution in [-0.4, -0.2) is 44.3 Å². The van der Waals surface area contributed by atoms with Crippen molar-refractivity contribution in [2.24, 2.45) is 5.92 Å². The maximum atomic E-state index is 13.2. The summed E-state index contributed by atoms with van der Waals surface area (Å²) in [6, 6.07) is 7.76. The summed E-state index contributed by atoms with van der Waals surface area (Å²) in [7, 11) is -4.09. The first-order valence-corrected chi connectivity index (χ1v) is 12.3. The van der Waals surface area contributed by atoms with Crippen LogP contribution in [0.2, 0.25) is 0 Å². The molecule has 1 aliphatic rings. The molecule has 6 nitrogen and oxygen atoms in total. The van der Waals surface area contributed by atoms with Gasteiger partial charge in [-0.05, 0) is 74.7 Å². The maximum absolute atomic E-state index is 13.2. The van der Waals surface area contributed by atoms with Crippen LogP contribution in [0.25, 0.3) is 0 Å². The van der Waals surface area contributed by atoms with Crippen molar-refractivity contribution in [1.29, 1.82) is 0 Å². The zero-order chi connectivity index (χ0) is 25.1. The molecule has 1 amide bonds. The lowest BCUT2D eigenvalue weighted by Gasteiger charge is -2.29. The summed E-state index contributed by atoms with van der Waals surface area (Å²) in [6.45, 7) is 4.00. The third-order valence-electron chi connectivity index (χ3n) is 5.78. The number of nitrogens with one attached hydrogen (secondary N) is 2. The Bertz CT molecular complexity index is 1080. The van der Waals surface area contributed by atoms with Crippen molar-refractivity contribution in [1.82, 2.24) is 14.9 Å². The fourth-order valence-electron chi connectivity index (χ4n) is 3.96. The summed E-state index contributed by atoms with van der Waals surface area (Å²) in [6.07, 6.45) is -3.77. The van der Waals surface area contributed by atoms with Crippen molar-refractivity contribution in [3.05, 3.63) is 65.5 Å². The van der Waals surface area contributed by atoms with Crippen LogP contribution in [0.15, 0.2) is 53.4 Å². The van der Waals surface area contributed by atoms with E-state index in [4.69, 9.17) is 0 Å². The minimum Gasteiger partial charge on any atom is -0.348 e. The van der Waals surface area contributed by atoms with Gasteiger partial charge in [-0.15, -0.1) is 0 Å². The molecule has 34 heavy (non-hydrogen) atoms. The van der Waals surface area contributed by atoms with Gasteiger partial charge in [0.2, 0.25) is 15.9 Å². The Morgan fingerprint density at radius 3 is 2.24 bits per heavy atom. The lowest BCUT2D eigenvalue weighted by molar-refractivity contribution is -0.137. The highest BCUT2D eigenvalue weighted by molar-refractivity contribution is 7.89. The van der Waals surface area contributed by atoms with Gasteiger partial charge >= 0.3 is 6.18 Å². The first-order chi connectivity index (χ1) is 15.9. The normalized spacial score (nSPS) is 17.8. The van der Waals surface area contributed by atoms with E-state index in [1.807, 2.05) is 0 Å². The van der Waals surface area contributed by atoms with E-state index in [9.17, 15) is 30.8 Å². The number of alkyl halides is 3. The van der Waals surface area contributed by atoms with Gasteiger partial charge in [-0.2, -0.15) is 17.5 Å².